The van der Waals surface area contributed by atoms with Crippen molar-refractivity contribution in [2.24, 2.45) is 0 Å². The fourth-order valence-electron chi connectivity index (χ4n) is 3.33. The second-order valence-corrected chi connectivity index (χ2v) is 6.81. The Kier molecular flexibility index (Phi) is 3.68. The molecular formula is C18H15N3O2S. The number of anilines is 1. The molecule has 2 aliphatic rings. The highest BCUT2D eigenvalue weighted by molar-refractivity contribution is 7.97. The molecule has 0 aromatic heterocycles. The average molecular weight is 337 g/mol. The quantitative estimate of drug-likeness (QED) is 0.817. The van der Waals surface area contributed by atoms with Gasteiger partial charge in [0.25, 0.3) is 0 Å². The van der Waals surface area contributed by atoms with Crippen LogP contribution in [0.3, 0.4) is 0 Å². The lowest BCUT2D eigenvalue weighted by molar-refractivity contribution is 0.0697. The van der Waals surface area contributed by atoms with E-state index in [1.807, 2.05) is 6.07 Å². The number of nitrogens with zero attached hydrogens (tertiary/aromatic N) is 2. The summed E-state index contributed by atoms with van der Waals surface area (Å²) in [4.78, 5) is 14.6. The number of nitriles is 1. The summed E-state index contributed by atoms with van der Waals surface area (Å²) < 4.78 is 3.47. The molecule has 2 aromatic carbocycles. The molecule has 4 rings (SSSR count). The Balaban J connectivity index is 1.76. The van der Waals surface area contributed by atoms with Crippen LogP contribution in [0.5, 0.6) is 0 Å². The number of fused-ring (bicyclic) bond motifs is 3. The van der Waals surface area contributed by atoms with Crippen LogP contribution in [0, 0.1) is 11.3 Å². The highest BCUT2D eigenvalue weighted by Gasteiger charge is 2.30. The van der Waals surface area contributed by atoms with Gasteiger partial charge in [0.15, 0.2) is 0 Å². The molecule has 0 aliphatic carbocycles. The third-order valence-corrected chi connectivity index (χ3v) is 5.46. The summed E-state index contributed by atoms with van der Waals surface area (Å²) in [5.41, 5.74) is 3.42. The van der Waals surface area contributed by atoms with E-state index in [1.54, 1.807) is 24.1 Å². The summed E-state index contributed by atoms with van der Waals surface area (Å²) in [6, 6.07) is 13.0. The standard InChI is InChI=1S/C18H15N3O2S/c19-10-13-8-12(18(22)23)3-5-14(13)11-4-6-15-16(9-11)24-20-17-2-1-7-21(15)17/h3-6,8-9,17,20H,1-2,7H2,(H,22,23). The highest BCUT2D eigenvalue weighted by atomic mass is 32.2. The maximum absolute atomic E-state index is 11.1. The Morgan fingerprint density at radius 1 is 1.33 bits per heavy atom. The molecule has 0 saturated carbocycles. The van der Waals surface area contributed by atoms with Gasteiger partial charge in [-0.15, -0.1) is 0 Å². The molecule has 120 valence electrons. The lowest BCUT2D eigenvalue weighted by Crippen LogP contribution is -2.41. The molecule has 6 heteroatoms. The summed E-state index contributed by atoms with van der Waals surface area (Å²) in [6.45, 7) is 1.06. The number of rotatable bonds is 2. The summed E-state index contributed by atoms with van der Waals surface area (Å²) in [5.74, 6) is -1.02. The van der Waals surface area contributed by atoms with Gasteiger partial charge in [-0.05, 0) is 60.2 Å². The molecule has 2 heterocycles. The van der Waals surface area contributed by atoms with Crippen molar-refractivity contribution in [3.05, 3.63) is 47.5 Å². The predicted molar refractivity (Wildman–Crippen MR) is 92.9 cm³/mol. The first-order chi connectivity index (χ1) is 11.7. The Morgan fingerprint density at radius 3 is 3.00 bits per heavy atom. The molecular weight excluding hydrogens is 322 g/mol. The fraction of sp³-hybridized carbons (Fsp3) is 0.222. The Morgan fingerprint density at radius 2 is 2.21 bits per heavy atom. The first-order valence-corrected chi connectivity index (χ1v) is 8.60. The van der Waals surface area contributed by atoms with Crippen LogP contribution >= 0.6 is 11.9 Å². The molecule has 1 fully saturated rings. The number of benzene rings is 2. The zero-order valence-electron chi connectivity index (χ0n) is 12.8. The van der Waals surface area contributed by atoms with E-state index in [4.69, 9.17) is 5.11 Å². The van der Waals surface area contributed by atoms with Gasteiger partial charge in [-0.2, -0.15) is 5.26 Å². The molecule has 1 atom stereocenters. The van der Waals surface area contributed by atoms with Gasteiger partial charge in [-0.25, -0.2) is 9.52 Å². The zero-order chi connectivity index (χ0) is 16.7. The predicted octanol–water partition coefficient (Wildman–Crippen LogP) is 3.46. The number of carboxylic acids is 1. The van der Waals surface area contributed by atoms with Crippen molar-refractivity contribution < 1.29 is 9.90 Å². The van der Waals surface area contributed by atoms with E-state index >= 15 is 0 Å². The molecule has 2 aromatic rings. The highest BCUT2D eigenvalue weighted by Crippen LogP contribution is 2.40. The number of aromatic carboxylic acids is 1. The van der Waals surface area contributed by atoms with E-state index < -0.39 is 5.97 Å². The minimum Gasteiger partial charge on any atom is -0.478 e. The summed E-state index contributed by atoms with van der Waals surface area (Å²) in [5, 5.41) is 18.5. The van der Waals surface area contributed by atoms with Gasteiger partial charge in [0.05, 0.1) is 29.0 Å². The SMILES string of the molecule is N#Cc1cc(C(=O)O)ccc1-c1ccc2c(c1)SNC1CCCN21. The van der Waals surface area contributed by atoms with Crippen LogP contribution in [0.25, 0.3) is 11.1 Å². The van der Waals surface area contributed by atoms with Gasteiger partial charge in [-0.3, -0.25) is 0 Å². The third kappa shape index (κ3) is 2.42. The first-order valence-electron chi connectivity index (χ1n) is 7.78. The van der Waals surface area contributed by atoms with Gasteiger partial charge in [0.2, 0.25) is 0 Å². The van der Waals surface area contributed by atoms with Crippen LogP contribution in [-0.2, 0) is 0 Å². The second kappa shape index (κ2) is 5.86. The van der Waals surface area contributed by atoms with Gasteiger partial charge < -0.3 is 10.0 Å². The maximum Gasteiger partial charge on any atom is 0.335 e. The molecule has 24 heavy (non-hydrogen) atoms. The topological polar surface area (TPSA) is 76.4 Å². The Labute approximate surface area is 144 Å². The molecule has 2 N–H and O–H groups in total. The number of nitrogens with one attached hydrogen (secondary N) is 1. The minimum atomic E-state index is -1.02. The smallest absolute Gasteiger partial charge is 0.335 e. The average Bonchev–Trinajstić information content (AvgIpc) is 3.09. The van der Waals surface area contributed by atoms with Crippen LogP contribution in [-0.4, -0.2) is 23.8 Å². The maximum atomic E-state index is 11.1. The number of hydrogen-bond acceptors (Lipinski definition) is 5. The van der Waals surface area contributed by atoms with Gasteiger partial charge in [0.1, 0.15) is 0 Å². The zero-order valence-corrected chi connectivity index (χ0v) is 13.6. The van der Waals surface area contributed by atoms with E-state index in [0.29, 0.717) is 11.7 Å². The van der Waals surface area contributed by atoms with E-state index in [-0.39, 0.29) is 5.56 Å². The number of carbonyl (C=O) groups is 1. The van der Waals surface area contributed by atoms with E-state index in [1.165, 1.54) is 18.2 Å². The molecule has 5 nitrogen and oxygen atoms in total. The molecule has 0 spiro atoms. The van der Waals surface area contributed by atoms with Crippen LogP contribution in [0.4, 0.5) is 5.69 Å². The molecule has 0 amide bonds. The van der Waals surface area contributed by atoms with Crippen molar-refractivity contribution in [1.82, 2.24) is 4.72 Å². The van der Waals surface area contributed by atoms with Gasteiger partial charge >= 0.3 is 5.97 Å². The molecule has 1 unspecified atom stereocenters. The molecule has 0 radical (unpaired) electrons. The fourth-order valence-corrected chi connectivity index (χ4v) is 4.32. The lowest BCUT2D eigenvalue weighted by Gasteiger charge is -2.33. The van der Waals surface area contributed by atoms with E-state index in [9.17, 15) is 10.1 Å². The summed E-state index contributed by atoms with van der Waals surface area (Å²) in [7, 11) is 0. The largest absolute Gasteiger partial charge is 0.478 e. The monoisotopic (exact) mass is 337 g/mol. The van der Waals surface area contributed by atoms with E-state index in [2.05, 4.69) is 27.8 Å². The van der Waals surface area contributed by atoms with Gasteiger partial charge in [-0.1, -0.05) is 12.1 Å². The van der Waals surface area contributed by atoms with Crippen molar-refractivity contribution in [3.8, 4) is 17.2 Å². The molecule has 1 saturated heterocycles. The van der Waals surface area contributed by atoms with Gasteiger partial charge in [0, 0.05) is 11.4 Å². The van der Waals surface area contributed by atoms with Crippen LogP contribution in [0.2, 0.25) is 0 Å². The Hall–Kier alpha value is -2.49. The van der Waals surface area contributed by atoms with Crippen molar-refractivity contribution >= 4 is 23.6 Å². The third-order valence-electron chi connectivity index (χ3n) is 4.52. The molecule has 2 aliphatic heterocycles. The first kappa shape index (κ1) is 15.1. The number of hydrogen-bond donors (Lipinski definition) is 2. The Bertz CT molecular complexity index is 875. The minimum absolute atomic E-state index is 0.129. The summed E-state index contributed by atoms with van der Waals surface area (Å²) >= 11 is 1.63. The van der Waals surface area contributed by atoms with Crippen molar-refractivity contribution in [2.45, 2.75) is 23.9 Å². The second-order valence-electron chi connectivity index (χ2n) is 5.93. The summed E-state index contributed by atoms with van der Waals surface area (Å²) in [6.07, 6.45) is 2.75. The van der Waals surface area contributed by atoms with Crippen LogP contribution < -0.4 is 9.62 Å². The van der Waals surface area contributed by atoms with Crippen LogP contribution in [0.15, 0.2) is 41.3 Å². The van der Waals surface area contributed by atoms with Crippen molar-refractivity contribution in [1.29, 1.82) is 5.26 Å². The van der Waals surface area contributed by atoms with E-state index in [0.717, 1.165) is 29.0 Å². The lowest BCUT2D eigenvalue weighted by atomic mass is 9.98. The normalized spacial score (nSPS) is 18.6. The van der Waals surface area contributed by atoms with Crippen molar-refractivity contribution in [3.63, 3.8) is 0 Å². The van der Waals surface area contributed by atoms with Crippen LogP contribution in [0.1, 0.15) is 28.8 Å². The molecule has 0 bridgehead atoms. The number of carboxylic acid groups (broad SMARTS) is 1. The van der Waals surface area contributed by atoms with Crippen molar-refractivity contribution in [2.75, 3.05) is 11.4 Å².